The van der Waals surface area contributed by atoms with Crippen molar-refractivity contribution in [3.8, 4) is 0 Å². The second-order valence-electron chi connectivity index (χ2n) is 6.36. The van der Waals surface area contributed by atoms with E-state index in [2.05, 4.69) is 5.32 Å². The zero-order valence-electron chi connectivity index (χ0n) is 12.3. The van der Waals surface area contributed by atoms with E-state index in [0.29, 0.717) is 11.7 Å². The Morgan fingerprint density at radius 1 is 1.16 bits per heavy atom. The molecule has 5 heteroatoms. The number of rotatable bonds is 10. The SMILES string of the molecule is CC(C)N(CC1CC1)S(=O)(=O)CCCCNC1CC1. The highest BCUT2D eigenvalue weighted by Gasteiger charge is 2.31. The van der Waals surface area contributed by atoms with Crippen LogP contribution in [0.5, 0.6) is 0 Å². The van der Waals surface area contributed by atoms with Crippen LogP contribution in [-0.4, -0.2) is 43.6 Å². The summed E-state index contributed by atoms with van der Waals surface area (Å²) in [6.07, 6.45) is 6.72. The summed E-state index contributed by atoms with van der Waals surface area (Å²) >= 11 is 0. The van der Waals surface area contributed by atoms with Crippen LogP contribution in [0, 0.1) is 5.92 Å². The number of nitrogens with one attached hydrogen (secondary N) is 1. The van der Waals surface area contributed by atoms with E-state index in [1.165, 1.54) is 25.7 Å². The summed E-state index contributed by atoms with van der Waals surface area (Å²) in [5, 5.41) is 3.43. The molecule has 2 fully saturated rings. The molecule has 0 amide bonds. The lowest BCUT2D eigenvalue weighted by Gasteiger charge is -2.25. The Morgan fingerprint density at radius 2 is 1.84 bits per heavy atom. The van der Waals surface area contributed by atoms with E-state index in [1.807, 2.05) is 13.8 Å². The summed E-state index contributed by atoms with van der Waals surface area (Å²) in [6.45, 7) is 5.66. The molecule has 0 saturated heterocycles. The number of hydrogen-bond donors (Lipinski definition) is 1. The molecule has 4 nitrogen and oxygen atoms in total. The summed E-state index contributed by atoms with van der Waals surface area (Å²) in [5.41, 5.74) is 0. The van der Waals surface area contributed by atoms with Crippen molar-refractivity contribution >= 4 is 10.0 Å². The van der Waals surface area contributed by atoms with Gasteiger partial charge in [-0.3, -0.25) is 0 Å². The van der Waals surface area contributed by atoms with Crippen molar-refractivity contribution in [2.45, 2.75) is 64.5 Å². The third-order valence-corrected chi connectivity index (χ3v) is 6.00. The maximum atomic E-state index is 12.4. The third kappa shape index (κ3) is 5.40. The zero-order valence-corrected chi connectivity index (χ0v) is 13.1. The minimum atomic E-state index is -3.06. The Balaban J connectivity index is 1.70. The van der Waals surface area contributed by atoms with Crippen LogP contribution in [0.1, 0.15) is 52.4 Å². The molecule has 0 aromatic carbocycles. The van der Waals surface area contributed by atoms with E-state index in [1.54, 1.807) is 4.31 Å². The fraction of sp³-hybridized carbons (Fsp3) is 1.00. The molecule has 2 aliphatic rings. The highest BCUT2D eigenvalue weighted by atomic mass is 32.2. The molecule has 0 aliphatic heterocycles. The first-order valence-corrected chi connectivity index (χ1v) is 9.33. The van der Waals surface area contributed by atoms with Crippen molar-refractivity contribution in [1.29, 1.82) is 0 Å². The van der Waals surface area contributed by atoms with Gasteiger partial charge in [0.15, 0.2) is 0 Å². The summed E-state index contributed by atoms with van der Waals surface area (Å²) in [4.78, 5) is 0. The van der Waals surface area contributed by atoms with Crippen molar-refractivity contribution < 1.29 is 8.42 Å². The molecule has 0 bridgehead atoms. The average molecular weight is 288 g/mol. The molecule has 19 heavy (non-hydrogen) atoms. The molecule has 0 unspecified atom stereocenters. The van der Waals surface area contributed by atoms with Gasteiger partial charge in [0.25, 0.3) is 0 Å². The second kappa shape index (κ2) is 6.55. The van der Waals surface area contributed by atoms with E-state index in [9.17, 15) is 8.42 Å². The van der Waals surface area contributed by atoms with E-state index in [4.69, 9.17) is 0 Å². The molecule has 0 aromatic heterocycles. The Kier molecular flexibility index (Phi) is 5.26. The predicted molar refractivity (Wildman–Crippen MR) is 78.6 cm³/mol. The first-order valence-electron chi connectivity index (χ1n) is 7.72. The Labute approximate surface area is 118 Å². The van der Waals surface area contributed by atoms with Crippen LogP contribution in [-0.2, 0) is 10.0 Å². The second-order valence-corrected chi connectivity index (χ2v) is 8.40. The highest BCUT2D eigenvalue weighted by molar-refractivity contribution is 7.89. The van der Waals surface area contributed by atoms with Gasteiger partial charge >= 0.3 is 0 Å². The lowest BCUT2D eigenvalue weighted by Crippen LogP contribution is -2.40. The summed E-state index contributed by atoms with van der Waals surface area (Å²) in [5.74, 6) is 0.929. The maximum Gasteiger partial charge on any atom is 0.214 e. The van der Waals surface area contributed by atoms with Crippen LogP contribution in [0.25, 0.3) is 0 Å². The number of unbranched alkanes of at least 4 members (excludes halogenated alkanes) is 1. The smallest absolute Gasteiger partial charge is 0.214 e. The third-order valence-electron chi connectivity index (χ3n) is 3.91. The molecule has 2 aliphatic carbocycles. The standard InChI is InChI=1S/C14H28N2O2S/c1-12(2)16(11-13-5-6-13)19(17,18)10-4-3-9-15-14-7-8-14/h12-15H,3-11H2,1-2H3. The molecule has 2 rings (SSSR count). The molecule has 112 valence electrons. The first-order chi connectivity index (χ1) is 8.99. The van der Waals surface area contributed by atoms with Gasteiger partial charge in [-0.25, -0.2) is 8.42 Å². The van der Waals surface area contributed by atoms with Gasteiger partial charge in [0.2, 0.25) is 10.0 Å². The molecular weight excluding hydrogens is 260 g/mol. The van der Waals surface area contributed by atoms with Crippen LogP contribution in [0.2, 0.25) is 0 Å². The molecule has 0 atom stereocenters. The Hall–Kier alpha value is -0.130. The van der Waals surface area contributed by atoms with Crippen LogP contribution < -0.4 is 5.32 Å². The van der Waals surface area contributed by atoms with Crippen LogP contribution in [0.4, 0.5) is 0 Å². The zero-order chi connectivity index (χ0) is 13.9. The summed E-state index contributed by atoms with van der Waals surface area (Å²) < 4.78 is 26.4. The lowest BCUT2D eigenvalue weighted by molar-refractivity contribution is 0.341. The van der Waals surface area contributed by atoms with E-state index < -0.39 is 10.0 Å². The molecule has 0 aromatic rings. The van der Waals surface area contributed by atoms with Gasteiger partial charge in [0.1, 0.15) is 0 Å². The first kappa shape index (κ1) is 15.3. The molecule has 2 saturated carbocycles. The summed E-state index contributed by atoms with van der Waals surface area (Å²) in [6, 6.07) is 0.814. The fourth-order valence-electron chi connectivity index (χ4n) is 2.32. The fourth-order valence-corrected chi connectivity index (χ4v) is 4.20. The Morgan fingerprint density at radius 3 is 2.37 bits per heavy atom. The van der Waals surface area contributed by atoms with Crippen molar-refractivity contribution in [3.63, 3.8) is 0 Å². The molecule has 0 heterocycles. The van der Waals surface area contributed by atoms with Gasteiger partial charge < -0.3 is 5.32 Å². The lowest BCUT2D eigenvalue weighted by atomic mass is 10.3. The molecular formula is C14H28N2O2S. The van der Waals surface area contributed by atoms with E-state index in [-0.39, 0.29) is 6.04 Å². The van der Waals surface area contributed by atoms with Crippen molar-refractivity contribution in [1.82, 2.24) is 9.62 Å². The molecule has 1 N–H and O–H groups in total. The van der Waals surface area contributed by atoms with Gasteiger partial charge in [-0.15, -0.1) is 0 Å². The minimum Gasteiger partial charge on any atom is -0.314 e. The highest BCUT2D eigenvalue weighted by Crippen LogP contribution is 2.31. The van der Waals surface area contributed by atoms with Crippen LogP contribution in [0.15, 0.2) is 0 Å². The normalized spacial score (nSPS) is 20.4. The quantitative estimate of drug-likeness (QED) is 0.625. The van der Waals surface area contributed by atoms with Gasteiger partial charge in [0.05, 0.1) is 5.75 Å². The van der Waals surface area contributed by atoms with Gasteiger partial charge in [-0.1, -0.05) is 0 Å². The van der Waals surface area contributed by atoms with Crippen molar-refractivity contribution in [2.75, 3.05) is 18.8 Å². The van der Waals surface area contributed by atoms with Crippen LogP contribution in [0.3, 0.4) is 0 Å². The van der Waals surface area contributed by atoms with Crippen molar-refractivity contribution in [2.24, 2.45) is 5.92 Å². The van der Waals surface area contributed by atoms with Gasteiger partial charge in [0, 0.05) is 18.6 Å². The average Bonchev–Trinajstić information content (AvgIpc) is 3.19. The maximum absolute atomic E-state index is 12.4. The largest absolute Gasteiger partial charge is 0.314 e. The Bertz CT molecular complexity index is 373. The number of sulfonamides is 1. The van der Waals surface area contributed by atoms with Gasteiger partial charge in [-0.05, 0) is 64.8 Å². The van der Waals surface area contributed by atoms with E-state index in [0.717, 1.165) is 32.0 Å². The predicted octanol–water partition coefficient (Wildman–Crippen LogP) is 1.97. The molecule has 0 spiro atoms. The van der Waals surface area contributed by atoms with E-state index >= 15 is 0 Å². The van der Waals surface area contributed by atoms with Crippen LogP contribution >= 0.6 is 0 Å². The topological polar surface area (TPSA) is 49.4 Å². The number of hydrogen-bond acceptors (Lipinski definition) is 3. The van der Waals surface area contributed by atoms with Gasteiger partial charge in [-0.2, -0.15) is 4.31 Å². The monoisotopic (exact) mass is 288 g/mol. The minimum absolute atomic E-state index is 0.0928. The summed E-state index contributed by atoms with van der Waals surface area (Å²) in [7, 11) is -3.06. The number of nitrogens with zero attached hydrogens (tertiary/aromatic N) is 1. The van der Waals surface area contributed by atoms with Crippen molar-refractivity contribution in [3.05, 3.63) is 0 Å². The molecule has 0 radical (unpaired) electrons.